The first-order chi connectivity index (χ1) is 62.3. The van der Waals surface area contributed by atoms with Gasteiger partial charge in [-0.2, -0.15) is 0 Å². The Morgan fingerprint density at radius 2 is 0.390 bits per heavy atom. The lowest BCUT2D eigenvalue weighted by atomic mass is 9.36. The topological polar surface area (TPSA) is 39.4 Å². The van der Waals surface area contributed by atoms with E-state index in [2.05, 4.69) is 437 Å². The van der Waals surface area contributed by atoms with E-state index in [1.54, 1.807) is 12.1 Å². The minimum Gasteiger partial charge on any atom is -0.309 e. The highest BCUT2D eigenvalue weighted by Crippen LogP contribution is 2.48. The molecule has 19 aromatic carbocycles. The van der Waals surface area contributed by atoms with Gasteiger partial charge in [0.15, 0.2) is 0 Å². The van der Waals surface area contributed by atoms with Gasteiger partial charge in [0.1, 0.15) is 0 Å². The summed E-state index contributed by atoms with van der Waals surface area (Å²) in [6.45, 7) is -0.631. The average molecular weight is 1570 g/mol. The Hall–Kier alpha value is -16.4. The quantitative estimate of drug-likeness (QED) is 0.116. The highest BCUT2D eigenvalue weighted by Gasteiger charge is 2.30. The van der Waals surface area contributed by atoms with Gasteiger partial charge in [-0.1, -0.05) is 265 Å². The summed E-state index contributed by atoms with van der Waals surface area (Å²) in [7, 11) is 0. The van der Waals surface area contributed by atoms with E-state index in [-0.39, 0.29) is 18.1 Å². The molecular weight excluding hydrogens is 1490 g/mol. The third kappa shape index (κ3) is 9.72. The van der Waals surface area contributed by atoms with Crippen LogP contribution in [0.25, 0.3) is 220 Å². The summed E-state index contributed by atoms with van der Waals surface area (Å²) >= 11 is 0. The molecule has 0 N–H and O–H groups in total. The first kappa shape index (κ1) is 64.7. The second-order valence-corrected chi connectivity index (χ2v) is 32.8. The van der Waals surface area contributed by atoms with Gasteiger partial charge in [-0.3, -0.25) is 0 Å². The van der Waals surface area contributed by atoms with Crippen molar-refractivity contribution < 1.29 is 4.11 Å². The Kier molecular flexibility index (Phi) is 13.7. The number of fused-ring (bicyclic) bond motifs is 26. The van der Waals surface area contributed by atoms with Crippen LogP contribution in [-0.4, -0.2) is 43.2 Å². The number of aromatic nitrogens is 8. The van der Waals surface area contributed by atoms with E-state index in [1.807, 2.05) is 0 Å². The van der Waals surface area contributed by atoms with Crippen LogP contribution in [0.1, 0.15) is 4.11 Å². The van der Waals surface area contributed by atoms with Crippen molar-refractivity contribution >= 4 is 198 Å². The molecule has 8 aromatic heterocycles. The number of hydrogen-bond donors (Lipinski definition) is 0. The minimum absolute atomic E-state index is 0.129. The summed E-state index contributed by atoms with van der Waals surface area (Å²) < 4.78 is 48.5. The third-order valence-electron chi connectivity index (χ3n) is 26.5. The molecule has 8 nitrogen and oxygen atoms in total. The zero-order valence-electron chi connectivity index (χ0n) is 69.4. The molecule has 0 fully saturated rings. The standard InChI is InChI=1S/C114H71BN8/c1-6-28-72(29-7-1)115(73-50-58-103-91(66-73)95-70-81(54-62-107(95)118(103)77-34-12-4-13-35-77)122-99-46-24-16-38-83(99)87-56-64-109-111(113(87)122)89-42-20-26-48-101(89)120(109)79-52-60-105-93(68-79)85-40-18-22-44-97(85)116(105)75-30-8-2-9-31-75)74-51-59-104-92(67-74)96-71-82(55-63-108(96)119(104)78-36-14-5-15-37-78)123-100-47-25-17-39-84(100)88-57-65-110-112(114(88)123)90-43-21-27-49-102(90)121(110)80-53-61-106-94(69-80)86-41-19-23-45-98(86)117(106)76-32-10-3-11-33-76/h1-71H/i1D,28D,29D. The van der Waals surface area contributed by atoms with Gasteiger partial charge < -0.3 is 36.5 Å². The maximum absolute atomic E-state index is 10.0. The molecule has 0 spiro atoms. The van der Waals surface area contributed by atoms with Crippen molar-refractivity contribution in [3.63, 3.8) is 0 Å². The molecule has 0 aliphatic heterocycles. The van der Waals surface area contributed by atoms with Crippen molar-refractivity contribution in [2.45, 2.75) is 0 Å². The minimum atomic E-state index is -0.631. The molecule has 0 aliphatic carbocycles. The predicted octanol–water partition coefficient (Wildman–Crippen LogP) is 27.0. The summed E-state index contributed by atoms with van der Waals surface area (Å²) in [5.74, 6) is 0. The van der Waals surface area contributed by atoms with Crippen molar-refractivity contribution in [1.82, 2.24) is 36.5 Å². The summed E-state index contributed by atoms with van der Waals surface area (Å²) in [4.78, 5) is 0. The SMILES string of the molecule is [2H]c1cc([2H])c(B(c2ccc3c(c2)c2cc(-n4c5ccccc5c5ccc6c(c7ccccc7n6-c6ccc7c(c6)c6ccccc6n7-c6ccccc6)c54)ccc2n3-c2ccccc2)c2ccc3c(c2)c2cc(-n4c5ccccc5c5ccc6c(c7ccccc7n6-c6ccc7c(c6)c6ccccc6n7-c6ccccc6)c54)ccc2n3-c2ccccc2)c([2H])c1. The van der Waals surface area contributed by atoms with Gasteiger partial charge >= 0.3 is 0 Å². The molecule has 0 aliphatic rings. The van der Waals surface area contributed by atoms with Crippen LogP contribution in [-0.2, 0) is 0 Å². The molecule has 8 heterocycles. The fourth-order valence-electron chi connectivity index (χ4n) is 21.4. The predicted molar refractivity (Wildman–Crippen MR) is 519 cm³/mol. The third-order valence-corrected chi connectivity index (χ3v) is 26.5. The molecule has 27 aromatic rings. The smallest absolute Gasteiger partial charge is 0.241 e. The van der Waals surface area contributed by atoms with E-state index in [1.165, 1.54) is 54.1 Å². The van der Waals surface area contributed by atoms with Crippen molar-refractivity contribution in [2.24, 2.45) is 0 Å². The zero-order valence-corrected chi connectivity index (χ0v) is 66.4. The van der Waals surface area contributed by atoms with Crippen molar-refractivity contribution in [1.29, 1.82) is 0 Å². The Balaban J connectivity index is 0.661. The molecular formula is C114H71BN8. The molecule has 0 unspecified atom stereocenters. The van der Waals surface area contributed by atoms with E-state index in [0.29, 0.717) is 5.46 Å². The van der Waals surface area contributed by atoms with E-state index in [4.69, 9.17) is 1.37 Å². The van der Waals surface area contributed by atoms with Crippen LogP contribution in [0.3, 0.4) is 0 Å². The summed E-state index contributed by atoms with van der Waals surface area (Å²) in [6, 6.07) is 150. The molecule has 0 saturated heterocycles. The maximum atomic E-state index is 10.0. The summed E-state index contributed by atoms with van der Waals surface area (Å²) in [5, 5.41) is 18.3. The van der Waals surface area contributed by atoms with E-state index < -0.39 is 6.71 Å². The zero-order chi connectivity index (χ0) is 82.8. The van der Waals surface area contributed by atoms with Gasteiger partial charge in [0.25, 0.3) is 0 Å². The summed E-state index contributed by atoms with van der Waals surface area (Å²) in [5.41, 5.74) is 28.6. The number of rotatable bonds is 11. The molecule has 9 heteroatoms. The molecule has 0 saturated carbocycles. The molecule has 0 radical (unpaired) electrons. The highest BCUT2D eigenvalue weighted by molar-refractivity contribution is 6.95. The Bertz CT molecular complexity index is 8810. The maximum Gasteiger partial charge on any atom is 0.241 e. The van der Waals surface area contributed by atoms with Gasteiger partial charge in [-0.05, 0) is 182 Å². The second-order valence-electron chi connectivity index (χ2n) is 32.8. The van der Waals surface area contributed by atoms with Crippen molar-refractivity contribution in [2.75, 3.05) is 0 Å². The number of nitrogens with zero attached hydrogens (tertiary/aromatic N) is 8. The van der Waals surface area contributed by atoms with Gasteiger partial charge in [0, 0.05) is 132 Å². The lowest BCUT2D eigenvalue weighted by molar-refractivity contribution is 1.16. The Morgan fingerprint density at radius 1 is 0.154 bits per heavy atom. The largest absolute Gasteiger partial charge is 0.309 e. The molecule has 0 atom stereocenters. The van der Waals surface area contributed by atoms with E-state index in [0.717, 1.165) is 177 Å². The molecule has 123 heavy (non-hydrogen) atoms. The Labute approximate surface area is 709 Å². The van der Waals surface area contributed by atoms with Gasteiger partial charge in [0.2, 0.25) is 6.71 Å². The lowest BCUT2D eigenvalue weighted by Crippen LogP contribution is -2.51. The molecule has 0 amide bonds. The first-order valence-corrected chi connectivity index (χ1v) is 42.2. The van der Waals surface area contributed by atoms with Crippen LogP contribution in [0.15, 0.2) is 431 Å². The van der Waals surface area contributed by atoms with Crippen LogP contribution in [0, 0.1) is 0 Å². The fraction of sp³-hybridized carbons (Fsp3) is 0. The van der Waals surface area contributed by atoms with Gasteiger partial charge in [0.05, 0.1) is 92.4 Å². The molecule has 570 valence electrons. The van der Waals surface area contributed by atoms with Gasteiger partial charge in [-0.25, -0.2) is 0 Å². The highest BCUT2D eigenvalue weighted by atomic mass is 15.1. The van der Waals surface area contributed by atoms with Crippen LogP contribution in [0.5, 0.6) is 0 Å². The number of hydrogen-bond acceptors (Lipinski definition) is 0. The van der Waals surface area contributed by atoms with Gasteiger partial charge in [-0.15, -0.1) is 0 Å². The number of para-hydroxylation sites is 10. The van der Waals surface area contributed by atoms with E-state index >= 15 is 0 Å². The summed E-state index contributed by atoms with van der Waals surface area (Å²) in [6.07, 6.45) is 0. The molecule has 27 rings (SSSR count). The monoisotopic (exact) mass is 1570 g/mol. The van der Waals surface area contributed by atoms with Crippen molar-refractivity contribution in [3.05, 3.63) is 431 Å². The fourth-order valence-corrected chi connectivity index (χ4v) is 21.4. The normalized spacial score (nSPS) is 12.6. The Morgan fingerprint density at radius 3 is 0.732 bits per heavy atom. The van der Waals surface area contributed by atoms with Crippen LogP contribution in [0.4, 0.5) is 0 Å². The second kappa shape index (κ2) is 26.1. The van der Waals surface area contributed by atoms with Crippen LogP contribution < -0.4 is 16.4 Å². The van der Waals surface area contributed by atoms with E-state index in [9.17, 15) is 2.74 Å². The van der Waals surface area contributed by atoms with Crippen LogP contribution >= 0.6 is 0 Å². The number of benzene rings is 19. The first-order valence-electron chi connectivity index (χ1n) is 43.7. The van der Waals surface area contributed by atoms with Crippen molar-refractivity contribution in [3.8, 4) is 45.5 Å². The van der Waals surface area contributed by atoms with Crippen LogP contribution in [0.2, 0.25) is 0 Å². The molecule has 0 bridgehead atoms. The average Bonchev–Trinajstić information content (AvgIpc) is 1.54. The lowest BCUT2D eigenvalue weighted by Gasteiger charge is -2.17.